The highest BCUT2D eigenvalue weighted by atomic mass is 15.1. The van der Waals surface area contributed by atoms with Crippen LogP contribution in [0.5, 0.6) is 0 Å². The van der Waals surface area contributed by atoms with Gasteiger partial charge in [0.1, 0.15) is 11.5 Å². The number of aromatic nitrogens is 4. The molecule has 112 valence electrons. The van der Waals surface area contributed by atoms with E-state index in [1.165, 1.54) is 37.3 Å². The van der Waals surface area contributed by atoms with Crippen molar-refractivity contribution in [3.05, 3.63) is 54.5 Å². The lowest BCUT2D eigenvalue weighted by Crippen LogP contribution is -2.11. The van der Waals surface area contributed by atoms with Crippen molar-refractivity contribution in [2.45, 2.75) is 46.6 Å². The molecule has 4 nitrogen and oxygen atoms in total. The molecule has 3 aromatic heterocycles. The second-order valence-corrected chi connectivity index (χ2v) is 4.82. The van der Waals surface area contributed by atoms with E-state index in [1.54, 1.807) is 6.20 Å². The van der Waals surface area contributed by atoms with E-state index in [0.717, 1.165) is 5.65 Å². The van der Waals surface area contributed by atoms with E-state index >= 15 is 0 Å². The van der Waals surface area contributed by atoms with Crippen molar-refractivity contribution in [2.75, 3.05) is 0 Å². The molecule has 0 bridgehead atoms. The number of hydrogen-bond donors (Lipinski definition) is 0. The van der Waals surface area contributed by atoms with Gasteiger partial charge in [0, 0.05) is 43.4 Å². The summed E-state index contributed by atoms with van der Waals surface area (Å²) in [7, 11) is 0. The van der Waals surface area contributed by atoms with Gasteiger partial charge in [0.2, 0.25) is 0 Å². The molecular weight excluding hydrogens is 260 g/mol. The van der Waals surface area contributed by atoms with Gasteiger partial charge in [-0.25, -0.2) is 9.97 Å². The number of pyridine rings is 1. The fourth-order valence-corrected chi connectivity index (χ4v) is 2.43. The van der Waals surface area contributed by atoms with E-state index in [9.17, 15) is 0 Å². The van der Waals surface area contributed by atoms with E-state index < -0.39 is 0 Å². The summed E-state index contributed by atoms with van der Waals surface area (Å²) < 4.78 is 4.30. The Balaban J connectivity index is 0.000000138. The van der Waals surface area contributed by atoms with Gasteiger partial charge in [-0.1, -0.05) is 19.9 Å². The van der Waals surface area contributed by atoms with Crippen LogP contribution < -0.4 is 0 Å². The summed E-state index contributed by atoms with van der Waals surface area (Å²) in [6.45, 7) is 7.31. The van der Waals surface area contributed by atoms with Crippen molar-refractivity contribution in [2.24, 2.45) is 0 Å². The predicted octanol–water partition coefficient (Wildman–Crippen LogP) is 3.89. The summed E-state index contributed by atoms with van der Waals surface area (Å²) in [4.78, 5) is 8.40. The van der Waals surface area contributed by atoms with Crippen molar-refractivity contribution in [1.29, 1.82) is 0 Å². The lowest BCUT2D eigenvalue weighted by atomic mass is 10.2. The third kappa shape index (κ3) is 3.72. The minimum Gasteiger partial charge on any atom is -0.332 e. The standard InChI is InChI=1S/C8H12N2.C7H6N2.C2H6/c1-7-6-9-8-4-2-3-5-10(7)8;1-2-5-9-6-4-8-7(9)3-1;1-2/h6H,2-5H2,1H3;1-6H;1-2H3. The first-order valence-electron chi connectivity index (χ1n) is 7.73. The molecule has 0 amide bonds. The van der Waals surface area contributed by atoms with Crippen LogP contribution in [0.25, 0.3) is 5.65 Å². The minimum atomic E-state index is 0.998. The van der Waals surface area contributed by atoms with E-state index in [4.69, 9.17) is 0 Å². The number of rotatable bonds is 0. The molecule has 0 N–H and O–H groups in total. The Bertz CT molecular complexity index is 636. The highest BCUT2D eigenvalue weighted by Gasteiger charge is 2.10. The Labute approximate surface area is 126 Å². The summed E-state index contributed by atoms with van der Waals surface area (Å²) in [6, 6.07) is 5.93. The summed E-state index contributed by atoms with van der Waals surface area (Å²) in [5, 5.41) is 0. The Morgan fingerprint density at radius 1 is 1.05 bits per heavy atom. The van der Waals surface area contributed by atoms with Crippen LogP contribution in [0.15, 0.2) is 43.0 Å². The highest BCUT2D eigenvalue weighted by molar-refractivity contribution is 5.36. The second kappa shape index (κ2) is 7.62. The first-order valence-corrected chi connectivity index (χ1v) is 7.73. The van der Waals surface area contributed by atoms with Gasteiger partial charge in [-0.05, 0) is 31.9 Å². The minimum absolute atomic E-state index is 0.998. The molecule has 0 unspecified atom stereocenters. The quantitative estimate of drug-likeness (QED) is 0.628. The van der Waals surface area contributed by atoms with E-state index in [2.05, 4.69) is 21.5 Å². The normalized spacial score (nSPS) is 12.7. The maximum atomic E-state index is 4.32. The van der Waals surface area contributed by atoms with Crippen molar-refractivity contribution in [3.8, 4) is 0 Å². The molecule has 0 fully saturated rings. The first kappa shape index (κ1) is 15.3. The van der Waals surface area contributed by atoms with E-state index in [1.807, 2.05) is 55.0 Å². The van der Waals surface area contributed by atoms with Crippen LogP contribution in [0.3, 0.4) is 0 Å². The van der Waals surface area contributed by atoms with Crippen molar-refractivity contribution in [1.82, 2.24) is 18.9 Å². The van der Waals surface area contributed by atoms with Crippen molar-refractivity contribution in [3.63, 3.8) is 0 Å². The van der Waals surface area contributed by atoms with Gasteiger partial charge in [0.25, 0.3) is 0 Å². The molecule has 4 rings (SSSR count). The number of nitrogens with zero attached hydrogens (tertiary/aromatic N) is 4. The second-order valence-electron chi connectivity index (χ2n) is 4.82. The highest BCUT2D eigenvalue weighted by Crippen LogP contribution is 2.14. The topological polar surface area (TPSA) is 35.1 Å². The van der Waals surface area contributed by atoms with Crippen LogP contribution in [-0.2, 0) is 13.0 Å². The van der Waals surface area contributed by atoms with Crippen LogP contribution in [0.4, 0.5) is 0 Å². The number of fused-ring (bicyclic) bond motifs is 2. The average molecular weight is 284 g/mol. The molecule has 3 aromatic rings. The fourth-order valence-electron chi connectivity index (χ4n) is 2.43. The zero-order chi connectivity index (χ0) is 15.1. The SMILES string of the molecule is CC.Cc1cnc2n1CCCC2.c1ccn2ccnc2c1. The molecule has 0 radical (unpaired) electrons. The third-order valence-electron chi connectivity index (χ3n) is 3.47. The Morgan fingerprint density at radius 2 is 1.90 bits per heavy atom. The number of imidazole rings is 2. The number of aryl methyl sites for hydroxylation is 2. The molecule has 0 aromatic carbocycles. The predicted molar refractivity (Wildman–Crippen MR) is 86.4 cm³/mol. The lowest BCUT2D eigenvalue weighted by Gasteiger charge is -2.14. The van der Waals surface area contributed by atoms with Gasteiger partial charge in [-0.3, -0.25) is 0 Å². The van der Waals surface area contributed by atoms with Gasteiger partial charge in [0.05, 0.1) is 0 Å². The van der Waals surface area contributed by atoms with Gasteiger partial charge < -0.3 is 8.97 Å². The van der Waals surface area contributed by atoms with Crippen LogP contribution >= 0.6 is 0 Å². The maximum Gasteiger partial charge on any atom is 0.136 e. The van der Waals surface area contributed by atoms with Gasteiger partial charge >= 0.3 is 0 Å². The fraction of sp³-hybridized carbons (Fsp3) is 0.412. The summed E-state index contributed by atoms with van der Waals surface area (Å²) in [6.07, 6.45) is 11.5. The molecule has 4 heteroatoms. The molecule has 1 aliphatic rings. The first-order chi connectivity index (χ1) is 10.3. The van der Waals surface area contributed by atoms with E-state index in [0.29, 0.717) is 0 Å². The largest absolute Gasteiger partial charge is 0.332 e. The molecule has 0 spiro atoms. The molecule has 1 aliphatic heterocycles. The van der Waals surface area contributed by atoms with Gasteiger partial charge in [-0.2, -0.15) is 0 Å². The molecule has 4 heterocycles. The molecule has 0 aliphatic carbocycles. The molecule has 0 saturated carbocycles. The van der Waals surface area contributed by atoms with Gasteiger partial charge in [0.15, 0.2) is 0 Å². The van der Waals surface area contributed by atoms with Crippen LogP contribution in [0.1, 0.15) is 38.2 Å². The zero-order valence-electron chi connectivity index (χ0n) is 13.2. The van der Waals surface area contributed by atoms with Crippen LogP contribution in [0.2, 0.25) is 0 Å². The smallest absolute Gasteiger partial charge is 0.136 e. The van der Waals surface area contributed by atoms with Crippen molar-refractivity contribution < 1.29 is 0 Å². The summed E-state index contributed by atoms with van der Waals surface area (Å²) in [5.41, 5.74) is 2.31. The molecular formula is C17H24N4. The average Bonchev–Trinajstić information content (AvgIpc) is 3.17. The maximum absolute atomic E-state index is 4.32. The van der Waals surface area contributed by atoms with Gasteiger partial charge in [-0.15, -0.1) is 0 Å². The Hall–Kier alpha value is -2.10. The van der Waals surface area contributed by atoms with Crippen LogP contribution in [-0.4, -0.2) is 18.9 Å². The molecule has 21 heavy (non-hydrogen) atoms. The van der Waals surface area contributed by atoms with E-state index in [-0.39, 0.29) is 0 Å². The Morgan fingerprint density at radius 3 is 2.67 bits per heavy atom. The van der Waals surface area contributed by atoms with Crippen molar-refractivity contribution >= 4 is 5.65 Å². The lowest BCUT2D eigenvalue weighted by molar-refractivity contribution is 0.514. The van der Waals surface area contributed by atoms with Crippen LogP contribution in [0, 0.1) is 6.92 Å². The number of hydrogen-bond acceptors (Lipinski definition) is 2. The third-order valence-corrected chi connectivity index (χ3v) is 3.47. The molecule has 0 saturated heterocycles. The Kier molecular flexibility index (Phi) is 5.55. The molecule has 0 atom stereocenters. The summed E-state index contributed by atoms with van der Waals surface area (Å²) >= 11 is 0. The monoisotopic (exact) mass is 284 g/mol. The summed E-state index contributed by atoms with van der Waals surface area (Å²) in [5.74, 6) is 1.28. The zero-order valence-corrected chi connectivity index (χ0v) is 13.2.